The highest BCUT2D eigenvalue weighted by atomic mass is 32.2. The average Bonchev–Trinajstić information content (AvgIpc) is 3.21. The molecule has 5 heteroatoms. The number of hydrogen-bond donors (Lipinski definition) is 0. The lowest BCUT2D eigenvalue weighted by Gasteiger charge is -2.43. The molecule has 2 unspecified atom stereocenters. The largest absolute Gasteiger partial charge is 0.497 e. The van der Waals surface area contributed by atoms with Crippen molar-refractivity contribution >= 4 is 28.6 Å². The predicted octanol–water partition coefficient (Wildman–Crippen LogP) is 12.4. The van der Waals surface area contributed by atoms with Gasteiger partial charge in [-0.1, -0.05) is 97.4 Å². The first kappa shape index (κ1) is 33.7. The molecule has 0 N–H and O–H groups in total. The van der Waals surface area contributed by atoms with E-state index in [0.29, 0.717) is 11.8 Å². The maximum absolute atomic E-state index is 7.65. The zero-order valence-electron chi connectivity index (χ0n) is 31.0. The van der Waals surface area contributed by atoms with Gasteiger partial charge in [-0.15, -0.1) is 0 Å². The number of ether oxygens (including phenoxy) is 4. The molecule has 2 atom stereocenters. The van der Waals surface area contributed by atoms with E-state index >= 15 is 0 Å². The lowest BCUT2D eigenvalue weighted by Crippen LogP contribution is -2.35. The fourth-order valence-electron chi connectivity index (χ4n) is 9.21. The van der Waals surface area contributed by atoms with E-state index in [9.17, 15) is 0 Å². The van der Waals surface area contributed by atoms with Crippen molar-refractivity contribution in [1.82, 2.24) is 0 Å². The first-order chi connectivity index (χ1) is 25.9. The van der Waals surface area contributed by atoms with Gasteiger partial charge in [0.25, 0.3) is 0 Å². The molecular formula is C48H44O4S. The summed E-state index contributed by atoms with van der Waals surface area (Å²) in [6.45, 7) is 4.39. The Morgan fingerprint density at radius 3 is 1.96 bits per heavy atom. The Bertz CT molecular complexity index is 2320. The maximum Gasteiger partial charge on any atom is 0.178 e. The Kier molecular flexibility index (Phi) is 8.50. The Morgan fingerprint density at radius 1 is 0.679 bits per heavy atom. The van der Waals surface area contributed by atoms with Gasteiger partial charge in [0.1, 0.15) is 23.0 Å². The van der Waals surface area contributed by atoms with Crippen LogP contribution < -0.4 is 18.9 Å². The number of rotatable bonds is 7. The molecule has 0 aromatic heterocycles. The number of benzene rings is 6. The fourth-order valence-corrected chi connectivity index (χ4v) is 10.3. The Morgan fingerprint density at radius 2 is 1.32 bits per heavy atom. The summed E-state index contributed by atoms with van der Waals surface area (Å²) in [5.41, 5.74) is 10.5. The van der Waals surface area contributed by atoms with E-state index in [0.717, 1.165) is 44.4 Å². The molecule has 266 valence electrons. The highest BCUT2D eigenvalue weighted by Crippen LogP contribution is 2.60. The van der Waals surface area contributed by atoms with Gasteiger partial charge in [-0.2, -0.15) is 0 Å². The zero-order chi connectivity index (χ0) is 36.3. The van der Waals surface area contributed by atoms with Crippen LogP contribution in [0.2, 0.25) is 0 Å². The smallest absolute Gasteiger partial charge is 0.178 e. The summed E-state index contributed by atoms with van der Waals surface area (Å²) in [4.78, 5) is 2.37. The van der Waals surface area contributed by atoms with Crippen molar-refractivity contribution in [2.45, 2.75) is 66.8 Å². The van der Waals surface area contributed by atoms with E-state index < -0.39 is 5.60 Å². The number of hydrogen-bond acceptors (Lipinski definition) is 5. The SMILES string of the molecule is COc1ccc(C2(c3ccc(OC)cc3)C=Cc3c4c(c5cc(Sc6c(C)cccc6C)c(OC)cc5c3O2)-c2ccccc2C2CCCCC42)cc1. The van der Waals surface area contributed by atoms with Gasteiger partial charge in [0.15, 0.2) is 5.60 Å². The van der Waals surface area contributed by atoms with Crippen LogP contribution in [-0.4, -0.2) is 21.3 Å². The lowest BCUT2D eigenvalue weighted by molar-refractivity contribution is 0.163. The maximum atomic E-state index is 7.65. The van der Waals surface area contributed by atoms with Gasteiger partial charge in [-0.3, -0.25) is 0 Å². The first-order valence-corrected chi connectivity index (χ1v) is 19.5. The van der Waals surface area contributed by atoms with Crippen LogP contribution in [0.5, 0.6) is 23.0 Å². The molecule has 1 fully saturated rings. The second kappa shape index (κ2) is 13.4. The molecule has 0 saturated heterocycles. The van der Waals surface area contributed by atoms with Gasteiger partial charge in [-0.05, 0) is 120 Å². The van der Waals surface area contributed by atoms with Crippen LogP contribution in [0.3, 0.4) is 0 Å². The van der Waals surface area contributed by atoms with Crippen LogP contribution in [0, 0.1) is 13.8 Å². The first-order valence-electron chi connectivity index (χ1n) is 18.7. The molecule has 1 saturated carbocycles. The number of methoxy groups -OCH3 is 3. The van der Waals surface area contributed by atoms with Gasteiger partial charge in [-0.25, -0.2) is 0 Å². The van der Waals surface area contributed by atoms with Crippen molar-refractivity contribution in [3.8, 4) is 34.1 Å². The van der Waals surface area contributed by atoms with E-state index in [1.165, 1.54) is 74.9 Å². The summed E-state index contributed by atoms with van der Waals surface area (Å²) >= 11 is 1.80. The quantitative estimate of drug-likeness (QED) is 0.164. The van der Waals surface area contributed by atoms with Gasteiger partial charge >= 0.3 is 0 Å². The average molecular weight is 717 g/mol. The van der Waals surface area contributed by atoms with Crippen LogP contribution in [0.15, 0.2) is 119 Å². The van der Waals surface area contributed by atoms with Crippen molar-refractivity contribution in [1.29, 1.82) is 0 Å². The normalized spacial score (nSPS) is 17.9. The van der Waals surface area contributed by atoms with Crippen molar-refractivity contribution in [2.24, 2.45) is 0 Å². The highest BCUT2D eigenvalue weighted by molar-refractivity contribution is 7.99. The lowest BCUT2D eigenvalue weighted by atomic mass is 9.63. The second-order valence-electron chi connectivity index (χ2n) is 14.6. The van der Waals surface area contributed by atoms with Crippen LogP contribution in [0.1, 0.15) is 76.5 Å². The molecule has 1 heterocycles. The third-order valence-corrected chi connectivity index (χ3v) is 13.2. The Hall–Kier alpha value is -5.13. The minimum Gasteiger partial charge on any atom is -0.497 e. The van der Waals surface area contributed by atoms with Crippen LogP contribution in [-0.2, 0) is 5.60 Å². The topological polar surface area (TPSA) is 36.9 Å². The van der Waals surface area contributed by atoms with Crippen molar-refractivity contribution in [3.63, 3.8) is 0 Å². The summed E-state index contributed by atoms with van der Waals surface area (Å²) in [7, 11) is 5.18. The zero-order valence-corrected chi connectivity index (χ0v) is 31.8. The highest BCUT2D eigenvalue weighted by Gasteiger charge is 2.43. The summed E-state index contributed by atoms with van der Waals surface area (Å²) < 4.78 is 25.1. The van der Waals surface area contributed by atoms with E-state index in [4.69, 9.17) is 18.9 Å². The molecule has 4 nitrogen and oxygen atoms in total. The van der Waals surface area contributed by atoms with Crippen molar-refractivity contribution < 1.29 is 18.9 Å². The second-order valence-corrected chi connectivity index (χ2v) is 15.7. The number of aryl methyl sites for hydroxylation is 2. The Balaban J connectivity index is 1.35. The summed E-state index contributed by atoms with van der Waals surface area (Å²) in [5.74, 6) is 4.24. The molecule has 0 amide bonds. The van der Waals surface area contributed by atoms with Gasteiger partial charge in [0.2, 0.25) is 0 Å². The monoisotopic (exact) mass is 716 g/mol. The Labute approximate surface area is 316 Å². The van der Waals surface area contributed by atoms with Crippen molar-refractivity contribution in [2.75, 3.05) is 21.3 Å². The molecule has 2 aliphatic carbocycles. The van der Waals surface area contributed by atoms with Crippen LogP contribution in [0.4, 0.5) is 0 Å². The number of fused-ring (bicyclic) bond motifs is 11. The molecule has 0 bridgehead atoms. The molecule has 3 aliphatic rings. The summed E-state index contributed by atoms with van der Waals surface area (Å²) in [6.07, 6.45) is 9.50. The molecule has 6 aromatic rings. The van der Waals surface area contributed by atoms with E-state index in [1.54, 1.807) is 33.1 Å². The molecule has 9 rings (SSSR count). The van der Waals surface area contributed by atoms with E-state index in [2.05, 4.69) is 105 Å². The van der Waals surface area contributed by atoms with Crippen LogP contribution in [0.25, 0.3) is 28.0 Å². The molecule has 6 aromatic carbocycles. The minimum atomic E-state index is -0.899. The molecule has 53 heavy (non-hydrogen) atoms. The van der Waals surface area contributed by atoms with E-state index in [-0.39, 0.29) is 0 Å². The summed E-state index contributed by atoms with van der Waals surface area (Å²) in [6, 6.07) is 36.8. The van der Waals surface area contributed by atoms with E-state index in [1.807, 2.05) is 24.3 Å². The predicted molar refractivity (Wildman–Crippen MR) is 216 cm³/mol. The third-order valence-electron chi connectivity index (χ3n) is 11.8. The molecular weight excluding hydrogens is 673 g/mol. The minimum absolute atomic E-state index is 0.409. The van der Waals surface area contributed by atoms with Gasteiger partial charge in [0, 0.05) is 27.0 Å². The molecule has 0 radical (unpaired) electrons. The molecule has 0 spiro atoms. The standard InChI is InChI=1S/C48H44O4S/c1-29-11-10-12-30(2)47(29)53-43-28-40-41(27-42(43)51-5)46-39(44-37-15-8-6-13-35(37)36-14-7-9-16-38(36)45(40)44)25-26-48(52-46,31-17-21-33(49-3)22-18-31)32-19-23-34(50-4)24-20-32/h7,9-12,14,16-28,35,37H,6,8,13,15H2,1-5H3. The summed E-state index contributed by atoms with van der Waals surface area (Å²) in [5, 5.41) is 2.26. The third kappa shape index (κ3) is 5.43. The fraction of sp³-hybridized carbons (Fsp3) is 0.250. The van der Waals surface area contributed by atoms with Gasteiger partial charge in [0.05, 0.1) is 26.2 Å². The van der Waals surface area contributed by atoms with Gasteiger partial charge < -0.3 is 18.9 Å². The molecule has 1 aliphatic heterocycles. The van der Waals surface area contributed by atoms with Crippen LogP contribution >= 0.6 is 11.8 Å². The van der Waals surface area contributed by atoms with Crippen molar-refractivity contribution in [3.05, 3.63) is 148 Å².